The van der Waals surface area contributed by atoms with Gasteiger partial charge in [-0.3, -0.25) is 9.59 Å². The van der Waals surface area contributed by atoms with Crippen LogP contribution in [0.3, 0.4) is 0 Å². The number of anilines is 1. The van der Waals surface area contributed by atoms with Gasteiger partial charge < -0.3 is 10.6 Å². The zero-order valence-corrected chi connectivity index (χ0v) is 20.5. The van der Waals surface area contributed by atoms with Crippen molar-refractivity contribution in [2.75, 3.05) is 5.32 Å². The van der Waals surface area contributed by atoms with Crippen LogP contribution < -0.4 is 10.6 Å². The van der Waals surface area contributed by atoms with E-state index in [4.69, 9.17) is 11.6 Å². The second-order valence-electron chi connectivity index (χ2n) is 8.42. The summed E-state index contributed by atoms with van der Waals surface area (Å²) in [6.07, 6.45) is 0.633. The van der Waals surface area contributed by atoms with E-state index in [2.05, 4.69) is 20.8 Å². The third kappa shape index (κ3) is 5.75. The van der Waals surface area contributed by atoms with E-state index in [9.17, 15) is 9.59 Å². The fourth-order valence-electron chi connectivity index (χ4n) is 3.80. The van der Waals surface area contributed by atoms with Crippen LogP contribution in [0.1, 0.15) is 44.6 Å². The van der Waals surface area contributed by atoms with Gasteiger partial charge in [0.05, 0.1) is 22.0 Å². The molecular formula is C27H26ClN5O2. The molecule has 0 radical (unpaired) electrons. The van der Waals surface area contributed by atoms with Crippen LogP contribution in [0, 0.1) is 13.8 Å². The Morgan fingerprint density at radius 2 is 1.63 bits per heavy atom. The fraction of sp³-hybridized carbons (Fsp3) is 0.185. The van der Waals surface area contributed by atoms with Gasteiger partial charge in [-0.05, 0) is 68.7 Å². The number of benzene rings is 3. The van der Waals surface area contributed by atoms with E-state index in [0.717, 1.165) is 16.8 Å². The molecule has 1 unspecified atom stereocenters. The molecule has 0 saturated carbocycles. The zero-order chi connectivity index (χ0) is 24.9. The van der Waals surface area contributed by atoms with Crippen LogP contribution >= 0.6 is 11.6 Å². The van der Waals surface area contributed by atoms with Gasteiger partial charge in [0.15, 0.2) is 5.69 Å². The van der Waals surface area contributed by atoms with E-state index in [1.807, 2.05) is 80.6 Å². The van der Waals surface area contributed by atoms with E-state index in [1.165, 1.54) is 4.80 Å². The minimum atomic E-state index is -0.326. The molecule has 35 heavy (non-hydrogen) atoms. The summed E-state index contributed by atoms with van der Waals surface area (Å²) in [6.45, 7) is 5.56. The Kier molecular flexibility index (Phi) is 7.27. The van der Waals surface area contributed by atoms with Crippen LogP contribution in [-0.4, -0.2) is 32.9 Å². The lowest BCUT2D eigenvalue weighted by Crippen LogP contribution is -2.34. The van der Waals surface area contributed by atoms with Crippen molar-refractivity contribution in [3.05, 3.63) is 106 Å². The highest BCUT2D eigenvalue weighted by atomic mass is 35.5. The second kappa shape index (κ2) is 10.5. The third-order valence-electron chi connectivity index (χ3n) is 5.56. The van der Waals surface area contributed by atoms with Gasteiger partial charge in [0.2, 0.25) is 0 Å². The Bertz CT molecular complexity index is 1330. The van der Waals surface area contributed by atoms with Crippen LogP contribution in [0.5, 0.6) is 0 Å². The van der Waals surface area contributed by atoms with Crippen molar-refractivity contribution in [1.82, 2.24) is 20.3 Å². The lowest BCUT2D eigenvalue weighted by Gasteiger charge is -2.16. The summed E-state index contributed by atoms with van der Waals surface area (Å²) in [4.78, 5) is 26.9. The van der Waals surface area contributed by atoms with Crippen molar-refractivity contribution < 1.29 is 9.59 Å². The molecule has 0 bridgehead atoms. The van der Waals surface area contributed by atoms with E-state index in [-0.39, 0.29) is 23.6 Å². The van der Waals surface area contributed by atoms with Crippen LogP contribution in [0.4, 0.5) is 5.69 Å². The highest BCUT2D eigenvalue weighted by molar-refractivity contribution is 6.34. The molecule has 4 aromatic rings. The maximum absolute atomic E-state index is 12.8. The first-order valence-electron chi connectivity index (χ1n) is 11.3. The number of carbonyl (C=O) groups is 2. The van der Waals surface area contributed by atoms with Crippen LogP contribution in [-0.2, 0) is 6.42 Å². The second-order valence-corrected chi connectivity index (χ2v) is 8.83. The van der Waals surface area contributed by atoms with Crippen molar-refractivity contribution >= 4 is 29.1 Å². The number of amides is 2. The first-order valence-corrected chi connectivity index (χ1v) is 11.6. The number of hydrogen-bond acceptors (Lipinski definition) is 4. The number of carbonyl (C=O) groups excluding carboxylic acids is 2. The summed E-state index contributed by atoms with van der Waals surface area (Å²) >= 11 is 6.21. The Balaban J connectivity index is 1.36. The van der Waals surface area contributed by atoms with Crippen molar-refractivity contribution in [1.29, 1.82) is 0 Å². The molecule has 178 valence electrons. The Morgan fingerprint density at radius 3 is 2.31 bits per heavy atom. The molecule has 0 spiro atoms. The van der Waals surface area contributed by atoms with Gasteiger partial charge in [0.25, 0.3) is 11.8 Å². The number of halogens is 1. The van der Waals surface area contributed by atoms with Crippen molar-refractivity contribution in [3.63, 3.8) is 0 Å². The molecule has 8 heteroatoms. The van der Waals surface area contributed by atoms with Crippen LogP contribution in [0.25, 0.3) is 5.69 Å². The summed E-state index contributed by atoms with van der Waals surface area (Å²) in [5.41, 5.74) is 4.60. The number of aromatic nitrogens is 3. The van der Waals surface area contributed by atoms with Gasteiger partial charge in [0, 0.05) is 11.7 Å². The molecule has 0 aliphatic carbocycles. The van der Waals surface area contributed by atoms with Crippen LogP contribution in [0.2, 0.25) is 5.02 Å². The smallest absolute Gasteiger partial charge is 0.278 e. The number of aryl methyl sites for hydroxylation is 2. The van der Waals surface area contributed by atoms with E-state index < -0.39 is 0 Å². The van der Waals surface area contributed by atoms with E-state index in [1.54, 1.807) is 13.0 Å². The molecule has 1 atom stereocenters. The fourth-order valence-corrected chi connectivity index (χ4v) is 4.11. The Labute approximate surface area is 209 Å². The molecule has 1 heterocycles. The lowest BCUT2D eigenvalue weighted by atomic mass is 10.0. The van der Waals surface area contributed by atoms with E-state index in [0.29, 0.717) is 28.4 Å². The molecule has 2 N–H and O–H groups in total. The molecule has 3 aromatic carbocycles. The normalized spacial score (nSPS) is 11.7. The molecule has 0 fully saturated rings. The number of nitrogens with one attached hydrogen (secondary N) is 2. The molecule has 0 aliphatic rings. The van der Waals surface area contributed by atoms with Gasteiger partial charge >= 0.3 is 0 Å². The van der Waals surface area contributed by atoms with Gasteiger partial charge in [-0.15, -0.1) is 5.10 Å². The summed E-state index contributed by atoms with van der Waals surface area (Å²) in [5.74, 6) is -0.517. The van der Waals surface area contributed by atoms with Crippen molar-refractivity contribution in [2.45, 2.75) is 33.2 Å². The highest BCUT2D eigenvalue weighted by Gasteiger charge is 2.18. The first-order chi connectivity index (χ1) is 16.8. The maximum atomic E-state index is 12.8. The van der Waals surface area contributed by atoms with Crippen LogP contribution in [0.15, 0.2) is 72.8 Å². The number of nitrogens with zero attached hydrogens (tertiary/aromatic N) is 3. The monoisotopic (exact) mass is 487 g/mol. The number of rotatable bonds is 7. The SMILES string of the molecule is Cc1cccc(Cl)c1C(=O)NC(C)Cc1ccc(NC(=O)c2nn(-c3ccccc3)nc2C)cc1. The molecule has 7 nitrogen and oxygen atoms in total. The number of para-hydroxylation sites is 1. The highest BCUT2D eigenvalue weighted by Crippen LogP contribution is 2.20. The van der Waals surface area contributed by atoms with E-state index >= 15 is 0 Å². The molecule has 0 aliphatic heterocycles. The average Bonchev–Trinajstić information content (AvgIpc) is 3.22. The lowest BCUT2D eigenvalue weighted by molar-refractivity contribution is 0.0938. The topological polar surface area (TPSA) is 88.9 Å². The quantitative estimate of drug-likeness (QED) is 0.377. The molecule has 2 amide bonds. The summed E-state index contributed by atoms with van der Waals surface area (Å²) in [7, 11) is 0. The van der Waals surface area contributed by atoms with Gasteiger partial charge in [-0.25, -0.2) is 0 Å². The largest absolute Gasteiger partial charge is 0.349 e. The maximum Gasteiger partial charge on any atom is 0.278 e. The zero-order valence-electron chi connectivity index (χ0n) is 19.7. The average molecular weight is 488 g/mol. The Hall–Kier alpha value is -3.97. The summed E-state index contributed by atoms with van der Waals surface area (Å²) in [5, 5.41) is 15.0. The van der Waals surface area contributed by atoms with Gasteiger partial charge in [-0.2, -0.15) is 9.90 Å². The minimum absolute atomic E-state index is 0.103. The van der Waals surface area contributed by atoms with Crippen molar-refractivity contribution in [3.8, 4) is 5.69 Å². The van der Waals surface area contributed by atoms with Crippen molar-refractivity contribution in [2.24, 2.45) is 0 Å². The Morgan fingerprint density at radius 1 is 0.914 bits per heavy atom. The standard InChI is InChI=1S/C27H26ClN5O2/c1-17-8-7-11-23(28)24(17)26(34)29-18(2)16-20-12-14-21(15-13-20)30-27(35)25-19(3)31-33(32-25)22-9-5-4-6-10-22/h4-15,18H,16H2,1-3H3,(H,29,34)(H,30,35). The minimum Gasteiger partial charge on any atom is -0.349 e. The molecular weight excluding hydrogens is 462 g/mol. The first kappa shape index (κ1) is 24.2. The molecule has 0 saturated heterocycles. The molecule has 1 aromatic heterocycles. The van der Waals surface area contributed by atoms with Gasteiger partial charge in [0.1, 0.15) is 0 Å². The summed E-state index contributed by atoms with van der Waals surface area (Å²) < 4.78 is 0. The molecule has 4 rings (SSSR count). The predicted molar refractivity (Wildman–Crippen MR) is 137 cm³/mol. The predicted octanol–water partition coefficient (Wildman–Crippen LogP) is 5.15. The third-order valence-corrected chi connectivity index (χ3v) is 5.88. The number of hydrogen-bond donors (Lipinski definition) is 2. The van der Waals surface area contributed by atoms with Gasteiger partial charge in [-0.1, -0.05) is 54.1 Å². The summed E-state index contributed by atoms with van der Waals surface area (Å²) in [6, 6.07) is 22.2.